The Balaban J connectivity index is 0.000000437. The molecule has 0 aromatic heterocycles. The largest absolute Gasteiger partial charge is 0.394 e. The van der Waals surface area contributed by atoms with E-state index in [2.05, 4.69) is 0 Å². The maximum absolute atomic E-state index is 9.56. The second-order valence-corrected chi connectivity index (χ2v) is 3.67. The van der Waals surface area contributed by atoms with Gasteiger partial charge in [-0.3, -0.25) is 4.79 Å². The van der Waals surface area contributed by atoms with E-state index in [4.69, 9.17) is 25.8 Å². The molecule has 17 heavy (non-hydrogen) atoms. The number of hydrogen-bond donors (Lipinski definition) is 6. The fourth-order valence-electron chi connectivity index (χ4n) is 1.12. The summed E-state index contributed by atoms with van der Waals surface area (Å²) < 4.78 is 4.70. The van der Waals surface area contributed by atoms with Crippen LogP contribution in [0.5, 0.6) is 0 Å². The second-order valence-electron chi connectivity index (χ2n) is 3.67. The van der Waals surface area contributed by atoms with E-state index >= 15 is 0 Å². The molecule has 5 atom stereocenters. The van der Waals surface area contributed by atoms with E-state index in [1.807, 2.05) is 0 Å². The average Bonchev–Trinajstić information content (AvgIpc) is 2.31. The van der Waals surface area contributed by atoms with Crippen molar-refractivity contribution in [3.05, 3.63) is 0 Å². The van der Waals surface area contributed by atoms with Crippen LogP contribution in [0.2, 0.25) is 0 Å². The summed E-state index contributed by atoms with van der Waals surface area (Å²) in [5.74, 6) is -0.190. The first-order valence-corrected chi connectivity index (χ1v) is 5.01. The van der Waals surface area contributed by atoms with Gasteiger partial charge in [-0.25, -0.2) is 0 Å². The number of carbonyl (C=O) groups excluding carboxylic acids is 1. The Morgan fingerprint density at radius 3 is 2.06 bits per heavy atom. The molecule has 1 aliphatic heterocycles. The summed E-state index contributed by atoms with van der Waals surface area (Å²) in [4.78, 5) is 9.56. The molecule has 102 valence electrons. The summed E-state index contributed by atoms with van der Waals surface area (Å²) in [6.45, 7) is 0.530. The van der Waals surface area contributed by atoms with Gasteiger partial charge in [-0.1, -0.05) is 0 Å². The summed E-state index contributed by atoms with van der Waals surface area (Å²) in [5, 5.41) is 43.9. The van der Waals surface area contributed by atoms with Crippen molar-refractivity contribution in [1.29, 1.82) is 0 Å². The Morgan fingerprint density at radius 2 is 1.71 bits per heavy atom. The zero-order valence-corrected chi connectivity index (χ0v) is 9.43. The van der Waals surface area contributed by atoms with Crippen molar-refractivity contribution in [2.75, 3.05) is 13.2 Å². The predicted molar refractivity (Wildman–Crippen MR) is 55.7 cm³/mol. The zero-order valence-electron chi connectivity index (χ0n) is 9.43. The highest BCUT2D eigenvalue weighted by Crippen LogP contribution is 2.17. The molecule has 1 fully saturated rings. The van der Waals surface area contributed by atoms with Gasteiger partial charge < -0.3 is 36.0 Å². The molecule has 0 saturated carbocycles. The molecule has 1 saturated heterocycles. The van der Waals surface area contributed by atoms with Crippen LogP contribution in [0.3, 0.4) is 0 Å². The van der Waals surface area contributed by atoms with Crippen LogP contribution in [-0.4, -0.2) is 75.2 Å². The minimum Gasteiger partial charge on any atom is -0.394 e. The number of carbonyl (C=O) groups is 1. The van der Waals surface area contributed by atoms with Gasteiger partial charge >= 0.3 is 0 Å². The van der Waals surface area contributed by atoms with E-state index in [-0.39, 0.29) is 12.4 Å². The van der Waals surface area contributed by atoms with Gasteiger partial charge in [0.05, 0.1) is 12.6 Å². The van der Waals surface area contributed by atoms with Gasteiger partial charge in [-0.05, 0) is 6.92 Å². The third-order valence-corrected chi connectivity index (χ3v) is 2.17. The highest BCUT2D eigenvalue weighted by atomic mass is 16.6. The molecule has 1 heterocycles. The number of ether oxygens (including phenoxy) is 1. The highest BCUT2D eigenvalue weighted by molar-refractivity contribution is 5.76. The Bertz CT molecular complexity index is 233. The molecule has 1 aliphatic rings. The number of Topliss-reactive ketones (excluding diaryl/α,β-unsaturated/α-hetero) is 1. The molecule has 0 unspecified atom stereocenters. The number of aliphatic hydroxyl groups excluding tert-OH is 5. The van der Waals surface area contributed by atoms with Crippen LogP contribution in [0.1, 0.15) is 6.92 Å². The molecule has 0 spiro atoms. The molecular weight excluding hydrogens is 234 g/mol. The summed E-state index contributed by atoms with van der Waals surface area (Å²) in [6, 6.07) is -1.04. The van der Waals surface area contributed by atoms with E-state index in [1.165, 1.54) is 6.92 Å². The number of aliphatic hydroxyl groups is 5. The lowest BCUT2D eigenvalue weighted by molar-refractivity contribution is -0.248. The van der Waals surface area contributed by atoms with E-state index in [0.717, 1.165) is 0 Å². The van der Waals surface area contributed by atoms with Crippen LogP contribution in [0.25, 0.3) is 0 Å². The predicted octanol–water partition coefficient (Wildman–Crippen LogP) is -3.69. The Labute approximate surface area is 98.2 Å². The maximum atomic E-state index is 9.56. The molecule has 8 nitrogen and oxygen atoms in total. The smallest absolute Gasteiger partial charge is 0.173 e. The van der Waals surface area contributed by atoms with Crippen LogP contribution >= 0.6 is 0 Å². The first-order chi connectivity index (χ1) is 7.84. The quantitative estimate of drug-likeness (QED) is 0.294. The van der Waals surface area contributed by atoms with E-state index in [9.17, 15) is 15.0 Å². The minimum atomic E-state index is -1.35. The molecular formula is C9H19NO7. The Morgan fingerprint density at radius 1 is 1.24 bits per heavy atom. The average molecular weight is 253 g/mol. The Hall–Kier alpha value is -0.610. The third kappa shape index (κ3) is 5.04. The number of nitrogens with two attached hydrogens (primary N) is 1. The SMILES string of the molecule is CC(=O)CO.N[C@@H]1[C@@H](O)[C@H](O)[C@@H](CO)O[C@H]1O. The monoisotopic (exact) mass is 253 g/mol. The topological polar surface area (TPSA) is 153 Å². The van der Waals surface area contributed by atoms with Gasteiger partial charge in [0.15, 0.2) is 12.1 Å². The van der Waals surface area contributed by atoms with Gasteiger partial charge in [0.2, 0.25) is 0 Å². The molecule has 8 heteroatoms. The van der Waals surface area contributed by atoms with Crippen LogP contribution in [0.4, 0.5) is 0 Å². The van der Waals surface area contributed by atoms with E-state index < -0.39 is 37.3 Å². The highest BCUT2D eigenvalue weighted by Gasteiger charge is 2.41. The van der Waals surface area contributed by atoms with Crippen molar-refractivity contribution in [2.45, 2.75) is 37.6 Å². The third-order valence-electron chi connectivity index (χ3n) is 2.17. The molecule has 7 N–H and O–H groups in total. The summed E-state index contributed by atoms with van der Waals surface area (Å²) in [5.41, 5.74) is 5.26. The lowest BCUT2D eigenvalue weighted by atomic mass is 9.98. The zero-order chi connectivity index (χ0) is 13.6. The molecule has 0 bridgehead atoms. The molecule has 0 aromatic rings. The Kier molecular flexibility index (Phi) is 7.39. The fraction of sp³-hybridized carbons (Fsp3) is 0.889. The van der Waals surface area contributed by atoms with Gasteiger partial charge in [0, 0.05) is 0 Å². The number of rotatable bonds is 2. The first kappa shape index (κ1) is 16.4. The van der Waals surface area contributed by atoms with Gasteiger partial charge in [-0.15, -0.1) is 0 Å². The van der Waals surface area contributed by atoms with Crippen molar-refractivity contribution in [3.8, 4) is 0 Å². The summed E-state index contributed by atoms with van der Waals surface area (Å²) in [6.07, 6.45) is -4.85. The van der Waals surface area contributed by atoms with Crippen molar-refractivity contribution in [3.63, 3.8) is 0 Å². The van der Waals surface area contributed by atoms with Gasteiger partial charge in [0.25, 0.3) is 0 Å². The standard InChI is InChI=1S/C6H13NO5.C3H6O2/c7-3-5(10)4(9)2(1-8)12-6(3)11;1-3(5)2-4/h2-6,8-11H,1,7H2;4H,2H2,1H3/t2-,3-,4-,5-,6-;/m1./s1. The number of ketones is 1. The van der Waals surface area contributed by atoms with Crippen molar-refractivity contribution >= 4 is 5.78 Å². The lowest BCUT2D eigenvalue weighted by Crippen LogP contribution is -2.61. The van der Waals surface area contributed by atoms with Gasteiger partial charge in [0.1, 0.15) is 24.9 Å². The molecule has 1 rings (SSSR count). The van der Waals surface area contributed by atoms with Crippen LogP contribution in [-0.2, 0) is 9.53 Å². The molecule has 0 aromatic carbocycles. The summed E-state index contributed by atoms with van der Waals surface area (Å²) in [7, 11) is 0. The molecule has 0 amide bonds. The van der Waals surface area contributed by atoms with E-state index in [0.29, 0.717) is 0 Å². The van der Waals surface area contributed by atoms with E-state index in [1.54, 1.807) is 0 Å². The molecule has 0 radical (unpaired) electrons. The van der Waals surface area contributed by atoms with Crippen molar-refractivity contribution in [1.82, 2.24) is 0 Å². The molecule has 0 aliphatic carbocycles. The lowest BCUT2D eigenvalue weighted by Gasteiger charge is -2.38. The van der Waals surface area contributed by atoms with Crippen molar-refractivity contribution < 1.29 is 35.1 Å². The number of hydrogen-bond acceptors (Lipinski definition) is 8. The van der Waals surface area contributed by atoms with Crippen molar-refractivity contribution in [2.24, 2.45) is 5.73 Å². The maximum Gasteiger partial charge on any atom is 0.173 e. The fourth-order valence-corrected chi connectivity index (χ4v) is 1.12. The normalized spacial score (nSPS) is 37.0. The van der Waals surface area contributed by atoms with Gasteiger partial charge in [-0.2, -0.15) is 0 Å². The van der Waals surface area contributed by atoms with Crippen LogP contribution in [0, 0.1) is 0 Å². The summed E-state index contributed by atoms with van der Waals surface area (Å²) >= 11 is 0. The second kappa shape index (κ2) is 7.67. The van der Waals surface area contributed by atoms with Crippen LogP contribution in [0.15, 0.2) is 0 Å². The van der Waals surface area contributed by atoms with Crippen LogP contribution < -0.4 is 5.73 Å². The minimum absolute atomic E-state index is 0.190. The first-order valence-electron chi connectivity index (χ1n) is 5.01.